The summed E-state index contributed by atoms with van der Waals surface area (Å²) in [6.45, 7) is 4.48. The first kappa shape index (κ1) is 20.2. The average molecular weight is 405 g/mol. The number of halogens is 1. The molecule has 2 amide bonds. The summed E-state index contributed by atoms with van der Waals surface area (Å²) >= 11 is 6.19. The third kappa shape index (κ3) is 4.30. The molecule has 1 unspecified atom stereocenters. The molecule has 1 aliphatic heterocycles. The zero-order valence-corrected chi connectivity index (χ0v) is 17.0. The van der Waals surface area contributed by atoms with Crippen LogP contribution in [0.25, 0.3) is 0 Å². The number of nitrogens with one attached hydrogen (secondary N) is 2. The molecular formula is C20H25ClN4O3. The monoisotopic (exact) mass is 404 g/mol. The number of carbonyl (C=O) groups excluding carboxylic acids is 2. The lowest BCUT2D eigenvalue weighted by molar-refractivity contribution is -0.143. The van der Waals surface area contributed by atoms with Crippen molar-refractivity contribution in [2.75, 3.05) is 13.7 Å². The van der Waals surface area contributed by atoms with Crippen LogP contribution in [0.2, 0.25) is 5.02 Å². The fourth-order valence-corrected chi connectivity index (χ4v) is 3.77. The number of methoxy groups -OCH3 is 1. The molecule has 28 heavy (non-hydrogen) atoms. The molecule has 2 atom stereocenters. The minimum absolute atomic E-state index is 0.229. The molecule has 1 aliphatic rings. The Balaban J connectivity index is 1.90. The number of esters is 1. The molecule has 0 saturated heterocycles. The molecule has 3 rings (SSSR count). The van der Waals surface area contributed by atoms with Crippen molar-refractivity contribution in [3.8, 4) is 0 Å². The van der Waals surface area contributed by atoms with Gasteiger partial charge in [-0.2, -0.15) is 0 Å². The molecule has 0 saturated carbocycles. The van der Waals surface area contributed by atoms with E-state index in [9.17, 15) is 9.59 Å². The summed E-state index contributed by atoms with van der Waals surface area (Å²) in [5, 5.41) is 3.44. The number of urea groups is 1. The van der Waals surface area contributed by atoms with Crippen LogP contribution in [-0.2, 0) is 16.0 Å². The maximum Gasteiger partial charge on any atom is 0.328 e. The second-order valence-corrected chi connectivity index (χ2v) is 7.76. The Kier molecular flexibility index (Phi) is 6.24. The van der Waals surface area contributed by atoms with E-state index in [4.69, 9.17) is 16.3 Å². The number of nitrogens with zero attached hydrogens (tertiary/aromatic N) is 2. The van der Waals surface area contributed by atoms with E-state index in [0.29, 0.717) is 24.4 Å². The zero-order valence-electron chi connectivity index (χ0n) is 16.2. The number of aromatic amines is 1. The minimum atomic E-state index is -0.696. The molecule has 2 N–H and O–H groups in total. The van der Waals surface area contributed by atoms with E-state index < -0.39 is 12.0 Å². The molecule has 0 radical (unpaired) electrons. The maximum absolute atomic E-state index is 13.1. The highest BCUT2D eigenvalue weighted by Crippen LogP contribution is 2.34. The highest BCUT2D eigenvalue weighted by Gasteiger charge is 2.36. The van der Waals surface area contributed by atoms with E-state index in [0.717, 1.165) is 17.0 Å². The second kappa shape index (κ2) is 8.65. The van der Waals surface area contributed by atoms with Crippen molar-refractivity contribution in [2.45, 2.75) is 38.8 Å². The van der Waals surface area contributed by atoms with Gasteiger partial charge in [-0.3, -0.25) is 0 Å². The van der Waals surface area contributed by atoms with E-state index in [1.807, 2.05) is 32.0 Å². The summed E-state index contributed by atoms with van der Waals surface area (Å²) in [7, 11) is 1.33. The van der Waals surface area contributed by atoms with Crippen molar-refractivity contribution < 1.29 is 14.3 Å². The number of H-pyrrole nitrogens is 1. The smallest absolute Gasteiger partial charge is 0.328 e. The van der Waals surface area contributed by atoms with Crippen molar-refractivity contribution in [3.05, 3.63) is 52.6 Å². The van der Waals surface area contributed by atoms with Crippen LogP contribution in [0.3, 0.4) is 0 Å². The van der Waals surface area contributed by atoms with Crippen LogP contribution in [0.4, 0.5) is 4.79 Å². The minimum Gasteiger partial charge on any atom is -0.467 e. The largest absolute Gasteiger partial charge is 0.467 e. The fourth-order valence-electron chi connectivity index (χ4n) is 3.57. The molecule has 2 heterocycles. The first-order valence-corrected chi connectivity index (χ1v) is 9.71. The highest BCUT2D eigenvalue weighted by molar-refractivity contribution is 6.30. The summed E-state index contributed by atoms with van der Waals surface area (Å²) in [5.41, 5.74) is 2.66. The zero-order chi connectivity index (χ0) is 20.3. The van der Waals surface area contributed by atoms with Gasteiger partial charge >= 0.3 is 12.0 Å². The van der Waals surface area contributed by atoms with Gasteiger partial charge in [-0.15, -0.1) is 0 Å². The molecule has 1 aromatic carbocycles. The number of fused-ring (bicyclic) bond motifs is 1. The van der Waals surface area contributed by atoms with Gasteiger partial charge in [0.15, 0.2) is 0 Å². The van der Waals surface area contributed by atoms with Crippen molar-refractivity contribution in [1.82, 2.24) is 20.2 Å². The Morgan fingerprint density at radius 1 is 1.43 bits per heavy atom. The molecule has 150 valence electrons. The molecule has 8 heteroatoms. The number of benzene rings is 1. The molecular weight excluding hydrogens is 380 g/mol. The Hall–Kier alpha value is -2.54. The van der Waals surface area contributed by atoms with E-state index in [-0.39, 0.29) is 18.0 Å². The molecule has 0 spiro atoms. The quantitative estimate of drug-likeness (QED) is 0.748. The maximum atomic E-state index is 13.1. The van der Waals surface area contributed by atoms with Crippen molar-refractivity contribution in [3.63, 3.8) is 0 Å². The number of hydrogen-bond acceptors (Lipinski definition) is 4. The molecule has 0 aliphatic carbocycles. The summed E-state index contributed by atoms with van der Waals surface area (Å²) in [5.74, 6) is -0.216. The SMILES string of the molecule is COC(=O)[C@H](CC(C)C)NC(=O)N1CCc2[nH]cnc2C1c1cccc(Cl)c1. The van der Waals surface area contributed by atoms with Gasteiger partial charge < -0.3 is 19.9 Å². The van der Waals surface area contributed by atoms with Crippen molar-refractivity contribution in [2.24, 2.45) is 5.92 Å². The van der Waals surface area contributed by atoms with Gasteiger partial charge in [0.2, 0.25) is 0 Å². The molecule has 0 fully saturated rings. The summed E-state index contributed by atoms with van der Waals surface area (Å²) in [6, 6.07) is 6.00. The van der Waals surface area contributed by atoms with Crippen LogP contribution in [0, 0.1) is 5.92 Å². The standard InChI is InChI=1S/C20H25ClN4O3/c1-12(2)9-16(19(26)28-3)24-20(27)25-8-7-15-17(23-11-22-15)18(25)13-5-4-6-14(21)10-13/h4-6,10-12,16,18H,7-9H2,1-3H3,(H,22,23)(H,24,27)/t16-,18?/m0/s1. The first-order valence-electron chi connectivity index (χ1n) is 9.33. The third-order valence-electron chi connectivity index (χ3n) is 4.84. The number of amides is 2. The van der Waals surface area contributed by atoms with Crippen LogP contribution in [0.5, 0.6) is 0 Å². The van der Waals surface area contributed by atoms with Gasteiger partial charge in [0.25, 0.3) is 0 Å². The van der Waals surface area contributed by atoms with Gasteiger partial charge in [0, 0.05) is 23.7 Å². The number of aromatic nitrogens is 2. The van der Waals surface area contributed by atoms with Gasteiger partial charge in [-0.25, -0.2) is 14.6 Å². The Labute approximate surface area is 169 Å². The molecule has 7 nitrogen and oxygen atoms in total. The molecule has 2 aromatic rings. The van der Waals surface area contributed by atoms with E-state index >= 15 is 0 Å². The summed E-state index contributed by atoms with van der Waals surface area (Å²) < 4.78 is 4.87. The lowest BCUT2D eigenvalue weighted by Crippen LogP contribution is -2.51. The normalized spacial score (nSPS) is 17.2. The lowest BCUT2D eigenvalue weighted by Gasteiger charge is -2.36. The van der Waals surface area contributed by atoms with E-state index in [1.54, 1.807) is 17.3 Å². The van der Waals surface area contributed by atoms with E-state index in [1.165, 1.54) is 7.11 Å². The second-order valence-electron chi connectivity index (χ2n) is 7.32. The van der Waals surface area contributed by atoms with Crippen LogP contribution < -0.4 is 5.32 Å². The average Bonchev–Trinajstić information content (AvgIpc) is 3.14. The number of rotatable bonds is 5. The van der Waals surface area contributed by atoms with Gasteiger partial charge in [0.1, 0.15) is 12.1 Å². The number of carbonyl (C=O) groups is 2. The van der Waals surface area contributed by atoms with Gasteiger partial charge in [0.05, 0.1) is 19.1 Å². The number of imidazole rings is 1. The summed E-state index contributed by atoms with van der Waals surface area (Å²) in [4.78, 5) is 34.6. The van der Waals surface area contributed by atoms with Crippen molar-refractivity contribution in [1.29, 1.82) is 0 Å². The molecule has 0 bridgehead atoms. The third-order valence-corrected chi connectivity index (χ3v) is 5.08. The predicted octanol–water partition coefficient (Wildman–Crippen LogP) is 3.31. The number of hydrogen-bond donors (Lipinski definition) is 2. The highest BCUT2D eigenvalue weighted by atomic mass is 35.5. The predicted molar refractivity (Wildman–Crippen MR) is 106 cm³/mol. The Morgan fingerprint density at radius 2 is 2.21 bits per heavy atom. The topological polar surface area (TPSA) is 87.3 Å². The van der Waals surface area contributed by atoms with Crippen LogP contribution in [0.1, 0.15) is 43.3 Å². The van der Waals surface area contributed by atoms with Crippen LogP contribution in [-0.4, -0.2) is 46.6 Å². The van der Waals surface area contributed by atoms with Gasteiger partial charge in [-0.05, 0) is 30.0 Å². The van der Waals surface area contributed by atoms with Gasteiger partial charge in [-0.1, -0.05) is 37.6 Å². The van der Waals surface area contributed by atoms with Crippen LogP contribution >= 0.6 is 11.6 Å². The lowest BCUT2D eigenvalue weighted by atomic mass is 9.96. The first-order chi connectivity index (χ1) is 13.4. The molecule has 1 aromatic heterocycles. The van der Waals surface area contributed by atoms with Crippen molar-refractivity contribution >= 4 is 23.6 Å². The summed E-state index contributed by atoms with van der Waals surface area (Å²) in [6.07, 6.45) is 2.80. The van der Waals surface area contributed by atoms with E-state index in [2.05, 4.69) is 15.3 Å². The van der Waals surface area contributed by atoms with Crippen LogP contribution in [0.15, 0.2) is 30.6 Å². The Bertz CT molecular complexity index is 851. The fraction of sp³-hybridized carbons (Fsp3) is 0.450. The number of ether oxygens (including phenoxy) is 1. The Morgan fingerprint density at radius 3 is 2.89 bits per heavy atom.